The second-order valence-corrected chi connectivity index (χ2v) is 10.7. The summed E-state index contributed by atoms with van der Waals surface area (Å²) < 4.78 is 43.3. The van der Waals surface area contributed by atoms with Crippen LogP contribution in [0.1, 0.15) is 27.8 Å². The molecule has 0 N–H and O–H groups in total. The Labute approximate surface area is 223 Å². The van der Waals surface area contributed by atoms with Crippen molar-refractivity contribution in [3.63, 3.8) is 0 Å². The Morgan fingerprint density at radius 3 is 2.34 bits per heavy atom. The van der Waals surface area contributed by atoms with Gasteiger partial charge >= 0.3 is 10.1 Å². The number of ether oxygens (including phenoxy) is 2. The number of fused-ring (bicyclic) bond motifs is 1. The normalized spacial score (nSPS) is 12.8. The molecule has 0 bridgehead atoms. The van der Waals surface area contributed by atoms with E-state index in [2.05, 4.69) is 0 Å². The highest BCUT2D eigenvalue weighted by molar-refractivity contribution is 7.87. The van der Waals surface area contributed by atoms with Crippen LogP contribution in [0, 0.1) is 6.92 Å². The van der Waals surface area contributed by atoms with Gasteiger partial charge in [-0.05, 0) is 54.8 Å². The third kappa shape index (κ3) is 5.73. The lowest BCUT2D eigenvalue weighted by Gasteiger charge is -2.21. The fourth-order valence-electron chi connectivity index (χ4n) is 4.42. The summed E-state index contributed by atoms with van der Waals surface area (Å²) >= 11 is 0. The second kappa shape index (κ2) is 11.1. The van der Waals surface area contributed by atoms with Gasteiger partial charge in [0.15, 0.2) is 11.5 Å². The van der Waals surface area contributed by atoms with E-state index < -0.39 is 10.1 Å². The van der Waals surface area contributed by atoms with Gasteiger partial charge < -0.3 is 13.7 Å². The standard InChI is InChI=1S/C31H29NO5S/c1-22-12-14-26(15-13-22)38(33,34)37-29-11-7-6-10-25(29)18-28-27-20-30(35-2)31(19-24(27)16-17-32-28)36-21-23-8-4-3-5-9-23/h3-15,19-20H,16-18,21H2,1-2H3. The first-order chi connectivity index (χ1) is 18.4. The van der Waals surface area contributed by atoms with Crippen LogP contribution in [0.25, 0.3) is 0 Å². The lowest BCUT2D eigenvalue weighted by molar-refractivity contribution is 0.284. The molecule has 38 heavy (non-hydrogen) atoms. The summed E-state index contributed by atoms with van der Waals surface area (Å²) in [7, 11) is -2.36. The molecule has 0 fully saturated rings. The number of nitrogens with zero attached hydrogens (tertiary/aromatic N) is 1. The molecule has 5 rings (SSSR count). The Bertz CT molecular complexity index is 1560. The van der Waals surface area contributed by atoms with Crippen molar-refractivity contribution in [2.24, 2.45) is 4.99 Å². The quantitative estimate of drug-likeness (QED) is 0.252. The van der Waals surface area contributed by atoms with Gasteiger partial charge in [-0.2, -0.15) is 8.42 Å². The molecule has 4 aromatic carbocycles. The summed E-state index contributed by atoms with van der Waals surface area (Å²) in [6, 6.07) is 27.8. The zero-order valence-electron chi connectivity index (χ0n) is 21.4. The SMILES string of the molecule is COc1cc2c(cc1OCc1ccccc1)CCN=C2Cc1ccccc1OS(=O)(=O)c1ccc(C)cc1. The predicted octanol–water partition coefficient (Wildman–Crippen LogP) is 5.94. The monoisotopic (exact) mass is 527 g/mol. The fourth-order valence-corrected chi connectivity index (χ4v) is 5.38. The highest BCUT2D eigenvalue weighted by atomic mass is 32.2. The van der Waals surface area contributed by atoms with Gasteiger partial charge in [0.1, 0.15) is 17.3 Å². The minimum absolute atomic E-state index is 0.117. The van der Waals surface area contributed by atoms with Crippen molar-refractivity contribution in [2.45, 2.75) is 31.3 Å². The highest BCUT2D eigenvalue weighted by Crippen LogP contribution is 2.35. The minimum atomic E-state index is -3.98. The molecule has 0 amide bonds. The van der Waals surface area contributed by atoms with Gasteiger partial charge in [-0.3, -0.25) is 4.99 Å². The van der Waals surface area contributed by atoms with Crippen LogP contribution in [0.4, 0.5) is 0 Å². The van der Waals surface area contributed by atoms with Crippen LogP contribution in [0.15, 0.2) is 101 Å². The topological polar surface area (TPSA) is 74.2 Å². The van der Waals surface area contributed by atoms with E-state index in [0.29, 0.717) is 31.1 Å². The van der Waals surface area contributed by atoms with Crippen molar-refractivity contribution >= 4 is 15.8 Å². The first kappa shape index (κ1) is 25.5. The Morgan fingerprint density at radius 1 is 0.842 bits per heavy atom. The molecule has 0 radical (unpaired) electrons. The van der Waals surface area contributed by atoms with Gasteiger partial charge in [0.25, 0.3) is 0 Å². The molecular formula is C31H29NO5S. The van der Waals surface area contributed by atoms with E-state index in [4.69, 9.17) is 18.6 Å². The maximum Gasteiger partial charge on any atom is 0.339 e. The third-order valence-corrected chi connectivity index (χ3v) is 7.71. The first-order valence-electron chi connectivity index (χ1n) is 12.4. The number of hydrogen-bond acceptors (Lipinski definition) is 6. The summed E-state index contributed by atoms with van der Waals surface area (Å²) in [5.41, 5.74) is 5.72. The molecule has 0 saturated carbocycles. The van der Waals surface area contributed by atoms with Gasteiger partial charge in [0.05, 0.1) is 7.11 Å². The summed E-state index contributed by atoms with van der Waals surface area (Å²) in [5.74, 6) is 1.60. The summed E-state index contributed by atoms with van der Waals surface area (Å²) in [5, 5.41) is 0. The average Bonchev–Trinajstić information content (AvgIpc) is 2.93. The van der Waals surface area contributed by atoms with E-state index in [1.54, 1.807) is 43.5 Å². The molecule has 0 spiro atoms. The van der Waals surface area contributed by atoms with Crippen molar-refractivity contribution in [2.75, 3.05) is 13.7 Å². The molecule has 6 nitrogen and oxygen atoms in total. The smallest absolute Gasteiger partial charge is 0.339 e. The van der Waals surface area contributed by atoms with E-state index in [1.807, 2.05) is 61.5 Å². The molecule has 0 aliphatic carbocycles. The second-order valence-electron chi connectivity index (χ2n) is 9.15. The molecule has 1 aliphatic rings. The molecule has 0 saturated heterocycles. The first-order valence-corrected chi connectivity index (χ1v) is 13.8. The van der Waals surface area contributed by atoms with Crippen LogP contribution < -0.4 is 13.7 Å². The average molecular weight is 528 g/mol. The van der Waals surface area contributed by atoms with Gasteiger partial charge in [-0.15, -0.1) is 0 Å². The third-order valence-electron chi connectivity index (χ3n) is 6.46. The lowest BCUT2D eigenvalue weighted by Crippen LogP contribution is -2.17. The van der Waals surface area contributed by atoms with Gasteiger partial charge in [-0.1, -0.05) is 66.2 Å². The van der Waals surface area contributed by atoms with Crippen molar-refractivity contribution in [3.05, 3.63) is 119 Å². The molecular weight excluding hydrogens is 498 g/mol. The van der Waals surface area contributed by atoms with Crippen LogP contribution in [0.5, 0.6) is 17.2 Å². The van der Waals surface area contributed by atoms with E-state index >= 15 is 0 Å². The minimum Gasteiger partial charge on any atom is -0.493 e. The number of aryl methyl sites for hydroxylation is 1. The van der Waals surface area contributed by atoms with Crippen LogP contribution in [-0.2, 0) is 29.6 Å². The number of hydrogen-bond donors (Lipinski definition) is 0. The van der Waals surface area contributed by atoms with Crippen molar-refractivity contribution in [1.82, 2.24) is 0 Å². The zero-order chi connectivity index (χ0) is 26.5. The lowest BCUT2D eigenvalue weighted by atomic mass is 9.93. The summed E-state index contributed by atoms with van der Waals surface area (Å²) in [6.45, 7) is 2.98. The molecule has 194 valence electrons. The number of para-hydroxylation sites is 1. The largest absolute Gasteiger partial charge is 0.493 e. The van der Waals surface area contributed by atoms with Gasteiger partial charge in [0.2, 0.25) is 0 Å². The Morgan fingerprint density at radius 2 is 1.58 bits per heavy atom. The van der Waals surface area contributed by atoms with Crippen molar-refractivity contribution < 1.29 is 22.1 Å². The fraction of sp³-hybridized carbons (Fsp3) is 0.194. The molecule has 0 unspecified atom stereocenters. The molecule has 7 heteroatoms. The molecule has 4 aromatic rings. The van der Waals surface area contributed by atoms with Crippen LogP contribution in [-0.4, -0.2) is 27.8 Å². The van der Waals surface area contributed by atoms with Gasteiger partial charge in [-0.25, -0.2) is 0 Å². The molecule has 1 aliphatic heterocycles. The Kier molecular flexibility index (Phi) is 7.47. The summed E-state index contributed by atoms with van der Waals surface area (Å²) in [4.78, 5) is 4.90. The van der Waals surface area contributed by atoms with E-state index in [0.717, 1.165) is 39.9 Å². The van der Waals surface area contributed by atoms with E-state index in [9.17, 15) is 8.42 Å². The van der Waals surface area contributed by atoms with E-state index in [-0.39, 0.29) is 10.6 Å². The maximum atomic E-state index is 13.0. The van der Waals surface area contributed by atoms with Crippen LogP contribution in [0.2, 0.25) is 0 Å². The Balaban J connectivity index is 1.39. The highest BCUT2D eigenvalue weighted by Gasteiger charge is 2.22. The number of rotatable bonds is 9. The maximum absolute atomic E-state index is 13.0. The van der Waals surface area contributed by atoms with Crippen molar-refractivity contribution in [3.8, 4) is 17.2 Å². The number of methoxy groups -OCH3 is 1. The zero-order valence-corrected chi connectivity index (χ0v) is 22.2. The van der Waals surface area contributed by atoms with Crippen LogP contribution in [0.3, 0.4) is 0 Å². The van der Waals surface area contributed by atoms with Crippen molar-refractivity contribution in [1.29, 1.82) is 0 Å². The Hall–Kier alpha value is -4.10. The number of benzene rings is 4. The van der Waals surface area contributed by atoms with E-state index in [1.165, 1.54) is 0 Å². The van der Waals surface area contributed by atoms with Gasteiger partial charge in [0, 0.05) is 29.8 Å². The predicted molar refractivity (Wildman–Crippen MR) is 148 cm³/mol. The molecule has 0 atom stereocenters. The summed E-state index contributed by atoms with van der Waals surface area (Å²) in [6.07, 6.45) is 1.20. The molecule has 0 aromatic heterocycles. The number of aliphatic imine (C=N–C) groups is 1. The molecule has 1 heterocycles. The van der Waals surface area contributed by atoms with Crippen LogP contribution >= 0.6 is 0 Å².